The zero-order valence-corrected chi connectivity index (χ0v) is 6.57. The fourth-order valence-corrected chi connectivity index (χ4v) is 0.895. The van der Waals surface area contributed by atoms with Gasteiger partial charge in [-0.15, -0.1) is 0 Å². The van der Waals surface area contributed by atoms with Crippen LogP contribution in [0, 0.1) is 11.3 Å². The molecule has 0 fully saturated rings. The summed E-state index contributed by atoms with van der Waals surface area (Å²) in [5.41, 5.74) is 0.900. The van der Waals surface area contributed by atoms with Crippen LogP contribution in [0.4, 0.5) is 0 Å². The van der Waals surface area contributed by atoms with Crippen molar-refractivity contribution in [2.75, 3.05) is 7.05 Å². The van der Waals surface area contributed by atoms with Gasteiger partial charge in [-0.2, -0.15) is 10.4 Å². The average Bonchev–Trinajstić information content (AvgIpc) is 2.39. The molecule has 0 amide bonds. The van der Waals surface area contributed by atoms with Gasteiger partial charge in [-0.25, -0.2) is 0 Å². The Morgan fingerprint density at radius 2 is 2.55 bits per heavy atom. The molecule has 0 saturated carbocycles. The van der Waals surface area contributed by atoms with Gasteiger partial charge in [0, 0.05) is 18.8 Å². The van der Waals surface area contributed by atoms with Gasteiger partial charge in [-0.3, -0.25) is 4.68 Å². The highest BCUT2D eigenvalue weighted by Gasteiger charge is 2.07. The number of aromatic nitrogens is 2. The topological polar surface area (TPSA) is 53.6 Å². The molecule has 1 N–H and O–H groups in total. The van der Waals surface area contributed by atoms with E-state index in [1.807, 2.05) is 13.2 Å². The third kappa shape index (κ3) is 1.57. The summed E-state index contributed by atoms with van der Waals surface area (Å²) in [4.78, 5) is 0. The van der Waals surface area contributed by atoms with E-state index in [2.05, 4.69) is 16.5 Å². The molecule has 4 heteroatoms. The molecule has 1 atom stereocenters. The van der Waals surface area contributed by atoms with E-state index in [9.17, 15) is 0 Å². The number of aryl methyl sites for hydroxylation is 1. The van der Waals surface area contributed by atoms with Crippen LogP contribution in [0.15, 0.2) is 12.4 Å². The highest BCUT2D eigenvalue weighted by Crippen LogP contribution is 2.08. The van der Waals surface area contributed by atoms with Gasteiger partial charge in [-0.05, 0) is 7.05 Å². The highest BCUT2D eigenvalue weighted by molar-refractivity contribution is 5.17. The summed E-state index contributed by atoms with van der Waals surface area (Å²) in [6, 6.07) is 1.87. The fraction of sp³-hybridized carbons (Fsp3) is 0.429. The first-order valence-corrected chi connectivity index (χ1v) is 3.33. The molecule has 0 saturated heterocycles. The Balaban J connectivity index is 2.84. The van der Waals surface area contributed by atoms with E-state index in [-0.39, 0.29) is 6.04 Å². The number of hydrogen-bond donors (Lipinski definition) is 1. The predicted molar refractivity (Wildman–Crippen MR) is 40.6 cm³/mol. The van der Waals surface area contributed by atoms with E-state index in [1.165, 1.54) is 0 Å². The normalized spacial score (nSPS) is 12.5. The van der Waals surface area contributed by atoms with E-state index in [4.69, 9.17) is 5.26 Å². The molecule has 1 unspecified atom stereocenters. The third-order valence-electron chi connectivity index (χ3n) is 1.48. The molecule has 1 rings (SSSR count). The van der Waals surface area contributed by atoms with Gasteiger partial charge in [0.1, 0.15) is 6.04 Å². The summed E-state index contributed by atoms with van der Waals surface area (Å²) in [6.45, 7) is 0. The van der Waals surface area contributed by atoms with Gasteiger partial charge in [0.2, 0.25) is 0 Å². The Labute approximate surface area is 65.4 Å². The second-order valence-corrected chi connectivity index (χ2v) is 2.30. The van der Waals surface area contributed by atoms with Crippen molar-refractivity contribution in [2.24, 2.45) is 7.05 Å². The van der Waals surface area contributed by atoms with Crippen molar-refractivity contribution in [3.63, 3.8) is 0 Å². The number of nitrogens with one attached hydrogen (secondary N) is 1. The Kier molecular flexibility index (Phi) is 2.24. The predicted octanol–water partition coefficient (Wildman–Crippen LogP) is 0.204. The summed E-state index contributed by atoms with van der Waals surface area (Å²) >= 11 is 0. The Hall–Kier alpha value is -1.34. The van der Waals surface area contributed by atoms with Crippen LogP contribution in [0.2, 0.25) is 0 Å². The lowest BCUT2D eigenvalue weighted by Crippen LogP contribution is -2.13. The minimum absolute atomic E-state index is 0.247. The molecule has 11 heavy (non-hydrogen) atoms. The molecule has 1 aromatic rings. The summed E-state index contributed by atoms with van der Waals surface area (Å²) in [6.07, 6.45) is 3.51. The minimum atomic E-state index is -0.247. The van der Waals surface area contributed by atoms with Crippen molar-refractivity contribution in [1.82, 2.24) is 15.1 Å². The number of nitrogens with zero attached hydrogens (tertiary/aromatic N) is 3. The van der Waals surface area contributed by atoms with Crippen molar-refractivity contribution in [3.8, 4) is 6.07 Å². The van der Waals surface area contributed by atoms with Crippen molar-refractivity contribution in [2.45, 2.75) is 6.04 Å². The van der Waals surface area contributed by atoms with E-state index < -0.39 is 0 Å². The maximum absolute atomic E-state index is 8.64. The summed E-state index contributed by atoms with van der Waals surface area (Å²) < 4.78 is 1.68. The monoisotopic (exact) mass is 150 g/mol. The number of hydrogen-bond acceptors (Lipinski definition) is 3. The van der Waals surface area contributed by atoms with E-state index in [0.717, 1.165) is 5.56 Å². The van der Waals surface area contributed by atoms with Crippen LogP contribution >= 0.6 is 0 Å². The molecule has 0 aliphatic carbocycles. The maximum atomic E-state index is 8.64. The molecule has 1 heterocycles. The molecule has 58 valence electrons. The van der Waals surface area contributed by atoms with Crippen LogP contribution in [0.1, 0.15) is 11.6 Å². The molecule has 0 spiro atoms. The van der Waals surface area contributed by atoms with Crippen molar-refractivity contribution >= 4 is 0 Å². The van der Waals surface area contributed by atoms with Crippen molar-refractivity contribution < 1.29 is 0 Å². The molecule has 0 aromatic carbocycles. The van der Waals surface area contributed by atoms with Gasteiger partial charge in [0.05, 0.1) is 12.3 Å². The van der Waals surface area contributed by atoms with Crippen LogP contribution in [-0.4, -0.2) is 16.8 Å². The van der Waals surface area contributed by atoms with Gasteiger partial charge in [0.15, 0.2) is 0 Å². The quantitative estimate of drug-likeness (QED) is 0.655. The number of nitriles is 1. The molecule has 1 aromatic heterocycles. The standard InChI is InChI=1S/C7H10N4/c1-9-7(3-8)6-4-10-11(2)5-6/h4-5,7,9H,1-2H3. The molecule has 0 aliphatic heterocycles. The molecule has 0 aliphatic rings. The number of rotatable bonds is 2. The zero-order chi connectivity index (χ0) is 8.27. The van der Waals surface area contributed by atoms with Gasteiger partial charge >= 0.3 is 0 Å². The smallest absolute Gasteiger partial charge is 0.124 e. The highest BCUT2D eigenvalue weighted by atomic mass is 15.2. The van der Waals surface area contributed by atoms with Gasteiger partial charge in [-0.1, -0.05) is 0 Å². The lowest BCUT2D eigenvalue weighted by Gasteiger charge is -2.01. The zero-order valence-electron chi connectivity index (χ0n) is 6.57. The van der Waals surface area contributed by atoms with Crippen LogP contribution in [0.3, 0.4) is 0 Å². The molecule has 0 bridgehead atoms. The van der Waals surface area contributed by atoms with Gasteiger partial charge in [0.25, 0.3) is 0 Å². The first-order chi connectivity index (χ1) is 5.27. The van der Waals surface area contributed by atoms with Crippen LogP contribution in [0.5, 0.6) is 0 Å². The first kappa shape index (κ1) is 7.76. The molecular weight excluding hydrogens is 140 g/mol. The molecule has 4 nitrogen and oxygen atoms in total. The van der Waals surface area contributed by atoms with Crippen LogP contribution < -0.4 is 5.32 Å². The van der Waals surface area contributed by atoms with E-state index in [1.54, 1.807) is 17.9 Å². The fourth-order valence-electron chi connectivity index (χ4n) is 0.895. The first-order valence-electron chi connectivity index (χ1n) is 3.33. The maximum Gasteiger partial charge on any atom is 0.124 e. The Morgan fingerprint density at radius 1 is 1.82 bits per heavy atom. The second kappa shape index (κ2) is 3.17. The summed E-state index contributed by atoms with van der Waals surface area (Å²) in [5, 5.41) is 15.5. The Bertz CT molecular complexity index is 270. The third-order valence-corrected chi connectivity index (χ3v) is 1.48. The molecule has 0 radical (unpaired) electrons. The lowest BCUT2D eigenvalue weighted by atomic mass is 10.2. The Morgan fingerprint density at radius 3 is 2.91 bits per heavy atom. The minimum Gasteiger partial charge on any atom is -0.301 e. The lowest BCUT2D eigenvalue weighted by molar-refractivity contribution is 0.722. The summed E-state index contributed by atoms with van der Waals surface area (Å²) in [7, 11) is 3.58. The largest absolute Gasteiger partial charge is 0.301 e. The van der Waals surface area contributed by atoms with Gasteiger partial charge < -0.3 is 5.32 Å². The van der Waals surface area contributed by atoms with Crippen molar-refractivity contribution in [1.29, 1.82) is 5.26 Å². The SMILES string of the molecule is CNC(C#N)c1cnn(C)c1. The molecular formula is C7H10N4. The summed E-state index contributed by atoms with van der Waals surface area (Å²) in [5.74, 6) is 0. The van der Waals surface area contributed by atoms with E-state index >= 15 is 0 Å². The average molecular weight is 150 g/mol. The van der Waals surface area contributed by atoms with Crippen molar-refractivity contribution in [3.05, 3.63) is 18.0 Å². The van der Waals surface area contributed by atoms with Crippen LogP contribution in [0.25, 0.3) is 0 Å². The second-order valence-electron chi connectivity index (χ2n) is 2.30. The van der Waals surface area contributed by atoms with E-state index in [0.29, 0.717) is 0 Å². The van der Waals surface area contributed by atoms with Crippen LogP contribution in [-0.2, 0) is 7.05 Å².